The molecule has 3 rings (SSSR count). The molecule has 1 heterocycles. The van der Waals surface area contributed by atoms with Gasteiger partial charge in [-0.1, -0.05) is 28.1 Å². The Morgan fingerprint density at radius 3 is 2.76 bits per heavy atom. The third kappa shape index (κ3) is 2.18. The lowest BCUT2D eigenvalue weighted by molar-refractivity contribution is 0.701. The lowest BCUT2D eigenvalue weighted by Crippen LogP contribution is -2.19. The third-order valence-electron chi connectivity index (χ3n) is 4.23. The van der Waals surface area contributed by atoms with Gasteiger partial charge in [0.2, 0.25) is 0 Å². The van der Waals surface area contributed by atoms with E-state index < -0.39 is 0 Å². The van der Waals surface area contributed by atoms with Crippen molar-refractivity contribution < 1.29 is 0 Å². The van der Waals surface area contributed by atoms with Gasteiger partial charge in [0.1, 0.15) is 0 Å². The first-order valence-electron chi connectivity index (χ1n) is 6.33. The van der Waals surface area contributed by atoms with E-state index in [4.69, 9.17) is 5.73 Å². The molecule has 2 N–H and O–H groups in total. The van der Waals surface area contributed by atoms with E-state index in [0.717, 1.165) is 12.5 Å². The van der Waals surface area contributed by atoms with Crippen molar-refractivity contribution in [3.63, 3.8) is 0 Å². The molecule has 92 valence electrons. The number of hydrogen-bond acceptors (Lipinski definition) is 2. The molecule has 3 heteroatoms. The van der Waals surface area contributed by atoms with Crippen LogP contribution in [0, 0.1) is 0 Å². The van der Waals surface area contributed by atoms with Crippen LogP contribution >= 0.6 is 27.7 Å². The molecule has 1 atom stereocenters. The van der Waals surface area contributed by atoms with E-state index in [1.54, 1.807) is 0 Å². The number of hydrogen-bond donors (Lipinski definition) is 1. The summed E-state index contributed by atoms with van der Waals surface area (Å²) < 4.78 is 1.29. The highest BCUT2D eigenvalue weighted by Gasteiger charge is 2.43. The molecule has 0 amide bonds. The molecule has 17 heavy (non-hydrogen) atoms. The first-order chi connectivity index (χ1) is 8.25. The Kier molecular flexibility index (Phi) is 3.26. The van der Waals surface area contributed by atoms with E-state index >= 15 is 0 Å². The average Bonchev–Trinajstić information content (AvgIpc) is 2.97. The van der Waals surface area contributed by atoms with Crippen LogP contribution in [-0.4, -0.2) is 18.1 Å². The monoisotopic (exact) mass is 311 g/mol. The van der Waals surface area contributed by atoms with Crippen molar-refractivity contribution in [3.8, 4) is 0 Å². The van der Waals surface area contributed by atoms with Crippen LogP contribution < -0.4 is 5.73 Å². The van der Waals surface area contributed by atoms with Gasteiger partial charge in [-0.3, -0.25) is 0 Å². The zero-order chi connectivity index (χ0) is 11.9. The van der Waals surface area contributed by atoms with Crippen molar-refractivity contribution in [1.82, 2.24) is 0 Å². The molecule has 0 aromatic heterocycles. The molecule has 1 nitrogen and oxygen atoms in total. The molecule has 0 bridgehead atoms. The summed E-state index contributed by atoms with van der Waals surface area (Å²) in [6, 6.07) is 6.95. The van der Waals surface area contributed by atoms with Gasteiger partial charge in [0.05, 0.1) is 0 Å². The fourth-order valence-electron chi connectivity index (χ4n) is 2.73. The summed E-state index contributed by atoms with van der Waals surface area (Å²) in [4.78, 5) is 0. The molecule has 1 aromatic carbocycles. The molecule has 0 radical (unpaired) electrons. The smallest absolute Gasteiger partial charge is 0.0213 e. The fraction of sp³-hybridized carbons (Fsp3) is 0.571. The average molecular weight is 312 g/mol. The highest BCUT2D eigenvalue weighted by molar-refractivity contribution is 9.10. The van der Waals surface area contributed by atoms with Crippen LogP contribution in [-0.2, 0) is 5.41 Å². The Morgan fingerprint density at radius 2 is 2.24 bits per heavy atom. The van der Waals surface area contributed by atoms with Gasteiger partial charge in [-0.25, -0.2) is 0 Å². The molecule has 1 aromatic rings. The van der Waals surface area contributed by atoms with Gasteiger partial charge in [-0.15, -0.1) is 0 Å². The molecular formula is C14H18BrNS. The summed E-state index contributed by atoms with van der Waals surface area (Å²) in [5.74, 6) is 3.34. The van der Waals surface area contributed by atoms with Crippen molar-refractivity contribution in [2.45, 2.75) is 30.6 Å². The van der Waals surface area contributed by atoms with Crippen LogP contribution in [0.25, 0.3) is 0 Å². The maximum Gasteiger partial charge on any atom is 0.0213 e. The Morgan fingerprint density at radius 1 is 1.41 bits per heavy atom. The highest BCUT2D eigenvalue weighted by atomic mass is 79.9. The minimum Gasteiger partial charge on any atom is -0.330 e. The topological polar surface area (TPSA) is 26.0 Å². The predicted molar refractivity (Wildman–Crippen MR) is 78.8 cm³/mol. The summed E-state index contributed by atoms with van der Waals surface area (Å²) in [7, 11) is 0. The SMILES string of the molecule is NCC1(c2ccc(C3CCSC3)c(Br)c2)CC1. The molecule has 0 spiro atoms. The quantitative estimate of drug-likeness (QED) is 0.922. The summed E-state index contributed by atoms with van der Waals surface area (Å²) in [5.41, 5.74) is 9.13. The maximum atomic E-state index is 5.89. The van der Waals surface area contributed by atoms with E-state index in [2.05, 4.69) is 45.9 Å². The van der Waals surface area contributed by atoms with Crippen LogP contribution in [0.2, 0.25) is 0 Å². The number of nitrogens with two attached hydrogens (primary N) is 1. The zero-order valence-electron chi connectivity index (χ0n) is 9.92. The summed E-state index contributed by atoms with van der Waals surface area (Å²) in [5, 5.41) is 0. The van der Waals surface area contributed by atoms with E-state index in [9.17, 15) is 0 Å². The molecule has 1 saturated carbocycles. The summed E-state index contributed by atoms with van der Waals surface area (Å²) in [6.07, 6.45) is 3.84. The van der Waals surface area contributed by atoms with Crippen LogP contribution in [0.5, 0.6) is 0 Å². The first-order valence-corrected chi connectivity index (χ1v) is 8.28. The van der Waals surface area contributed by atoms with Crippen LogP contribution in [0.3, 0.4) is 0 Å². The molecule has 1 aliphatic carbocycles. The van der Waals surface area contributed by atoms with Gasteiger partial charge in [-0.2, -0.15) is 11.8 Å². The van der Waals surface area contributed by atoms with Gasteiger partial charge in [0.15, 0.2) is 0 Å². The summed E-state index contributed by atoms with van der Waals surface area (Å²) >= 11 is 5.83. The van der Waals surface area contributed by atoms with Gasteiger partial charge in [0.25, 0.3) is 0 Å². The minimum atomic E-state index is 0.311. The van der Waals surface area contributed by atoms with Crippen molar-refractivity contribution in [3.05, 3.63) is 33.8 Å². The molecule has 1 unspecified atom stereocenters. The van der Waals surface area contributed by atoms with Crippen molar-refractivity contribution in [1.29, 1.82) is 0 Å². The van der Waals surface area contributed by atoms with E-state index in [1.165, 1.54) is 46.4 Å². The van der Waals surface area contributed by atoms with Crippen LogP contribution in [0.15, 0.2) is 22.7 Å². The number of benzene rings is 1. The van der Waals surface area contributed by atoms with E-state index in [1.807, 2.05) is 0 Å². The second kappa shape index (κ2) is 4.60. The van der Waals surface area contributed by atoms with E-state index in [0.29, 0.717) is 5.41 Å². The Hall–Kier alpha value is 0.01000. The number of rotatable bonds is 3. The predicted octanol–water partition coefficient (Wildman–Crippen LogP) is 3.66. The van der Waals surface area contributed by atoms with Crippen molar-refractivity contribution in [2.24, 2.45) is 5.73 Å². The first kappa shape index (κ1) is 12.1. The Balaban J connectivity index is 1.88. The summed E-state index contributed by atoms with van der Waals surface area (Å²) in [6.45, 7) is 0.790. The van der Waals surface area contributed by atoms with Crippen molar-refractivity contribution in [2.75, 3.05) is 18.1 Å². The number of thioether (sulfide) groups is 1. The van der Waals surface area contributed by atoms with Crippen molar-refractivity contribution >= 4 is 27.7 Å². The van der Waals surface area contributed by atoms with Gasteiger partial charge in [0, 0.05) is 22.2 Å². The molecule has 1 aliphatic heterocycles. The Labute approximate surface area is 116 Å². The van der Waals surface area contributed by atoms with Crippen LogP contribution in [0.4, 0.5) is 0 Å². The second-order valence-electron chi connectivity index (χ2n) is 5.28. The highest BCUT2D eigenvalue weighted by Crippen LogP contribution is 2.48. The standard InChI is InChI=1S/C14H18BrNS/c15-13-7-11(14(9-16)4-5-14)1-2-12(13)10-3-6-17-8-10/h1-2,7,10H,3-6,8-9,16H2. The van der Waals surface area contributed by atoms with Crippen LogP contribution in [0.1, 0.15) is 36.3 Å². The Bertz CT molecular complexity index is 422. The lowest BCUT2D eigenvalue weighted by Gasteiger charge is -2.17. The fourth-order valence-corrected chi connectivity index (χ4v) is 4.68. The largest absolute Gasteiger partial charge is 0.330 e. The molecular weight excluding hydrogens is 294 g/mol. The normalized spacial score (nSPS) is 26.1. The lowest BCUT2D eigenvalue weighted by atomic mass is 9.92. The van der Waals surface area contributed by atoms with Gasteiger partial charge in [-0.05, 0) is 48.1 Å². The number of halogens is 1. The van der Waals surface area contributed by atoms with E-state index in [-0.39, 0.29) is 0 Å². The molecule has 1 saturated heterocycles. The second-order valence-corrected chi connectivity index (χ2v) is 7.29. The van der Waals surface area contributed by atoms with Gasteiger partial charge >= 0.3 is 0 Å². The molecule has 2 aliphatic rings. The maximum absolute atomic E-state index is 5.89. The molecule has 2 fully saturated rings. The minimum absolute atomic E-state index is 0.311. The van der Waals surface area contributed by atoms with Gasteiger partial charge < -0.3 is 5.73 Å². The third-order valence-corrected chi connectivity index (χ3v) is 6.08. The zero-order valence-corrected chi connectivity index (χ0v) is 12.3.